The zero-order chi connectivity index (χ0) is 9.68. The van der Waals surface area contributed by atoms with E-state index in [0.29, 0.717) is 5.88 Å². The second-order valence-electron chi connectivity index (χ2n) is 2.89. The van der Waals surface area contributed by atoms with Crippen molar-refractivity contribution in [1.29, 1.82) is 0 Å². The minimum atomic E-state index is -0.570. The van der Waals surface area contributed by atoms with Crippen molar-refractivity contribution in [3.8, 4) is 0 Å². The molecule has 0 fully saturated rings. The highest BCUT2D eigenvalue weighted by molar-refractivity contribution is 6.18. The summed E-state index contributed by atoms with van der Waals surface area (Å²) in [6.45, 7) is 0.249. The van der Waals surface area contributed by atoms with Crippen molar-refractivity contribution in [2.24, 2.45) is 5.73 Å². The van der Waals surface area contributed by atoms with Gasteiger partial charge in [-0.2, -0.15) is 0 Å². The number of halogens is 1. The number of aliphatic hydroxyl groups excluding tert-OH is 1. The van der Waals surface area contributed by atoms with Gasteiger partial charge in [-0.15, -0.1) is 11.6 Å². The molecule has 1 unspecified atom stereocenters. The van der Waals surface area contributed by atoms with Gasteiger partial charge in [0.1, 0.15) is 0 Å². The molecule has 72 valence electrons. The predicted octanol–water partition coefficient (Wildman–Crippen LogP) is 1.46. The van der Waals surface area contributed by atoms with Crippen LogP contribution in [0, 0.1) is 0 Å². The number of aliphatic hydroxyl groups is 1. The first-order valence-corrected chi connectivity index (χ1v) is 4.85. The molecule has 0 saturated carbocycles. The minimum absolute atomic E-state index is 0.249. The largest absolute Gasteiger partial charge is 0.387 e. The van der Waals surface area contributed by atoms with Crippen LogP contribution in [0.4, 0.5) is 0 Å². The Morgan fingerprint density at radius 3 is 2.69 bits per heavy atom. The summed E-state index contributed by atoms with van der Waals surface area (Å²) in [6.07, 6.45) is 0.203. The number of hydrogen-bond donors (Lipinski definition) is 2. The molecule has 0 aliphatic carbocycles. The topological polar surface area (TPSA) is 46.2 Å². The van der Waals surface area contributed by atoms with Crippen LogP contribution in [0.3, 0.4) is 0 Å². The highest BCUT2D eigenvalue weighted by atomic mass is 35.5. The summed E-state index contributed by atoms with van der Waals surface area (Å²) < 4.78 is 0. The van der Waals surface area contributed by atoms with Crippen LogP contribution < -0.4 is 5.73 Å². The van der Waals surface area contributed by atoms with Gasteiger partial charge >= 0.3 is 0 Å². The van der Waals surface area contributed by atoms with Crippen molar-refractivity contribution in [1.82, 2.24) is 0 Å². The molecule has 0 saturated heterocycles. The summed E-state index contributed by atoms with van der Waals surface area (Å²) in [4.78, 5) is 0. The Morgan fingerprint density at radius 2 is 2.08 bits per heavy atom. The second kappa shape index (κ2) is 5.22. The summed E-state index contributed by atoms with van der Waals surface area (Å²) in [5.41, 5.74) is 7.36. The molecular weight excluding hydrogens is 186 g/mol. The van der Waals surface area contributed by atoms with E-state index in [2.05, 4.69) is 0 Å². The Labute approximate surface area is 83.3 Å². The first kappa shape index (κ1) is 10.5. The van der Waals surface area contributed by atoms with Gasteiger partial charge in [-0.05, 0) is 17.5 Å². The van der Waals surface area contributed by atoms with Crippen LogP contribution in [0.2, 0.25) is 0 Å². The first-order valence-electron chi connectivity index (χ1n) is 4.31. The van der Waals surface area contributed by atoms with Crippen LogP contribution in [0.15, 0.2) is 24.3 Å². The molecule has 0 aliphatic heterocycles. The number of hydrogen-bond acceptors (Lipinski definition) is 2. The summed E-state index contributed by atoms with van der Waals surface area (Å²) >= 11 is 5.64. The standard InChI is InChI=1S/C10H14ClNO/c11-6-5-8-3-1-2-4-9(8)10(13)7-12/h1-4,10,13H,5-7,12H2. The lowest BCUT2D eigenvalue weighted by atomic mass is 10.0. The lowest BCUT2D eigenvalue weighted by Gasteiger charge is -2.12. The lowest BCUT2D eigenvalue weighted by molar-refractivity contribution is 0.185. The molecule has 1 aromatic rings. The third-order valence-electron chi connectivity index (χ3n) is 2.00. The van der Waals surface area contributed by atoms with Gasteiger partial charge in [0.05, 0.1) is 6.10 Å². The van der Waals surface area contributed by atoms with E-state index in [4.69, 9.17) is 17.3 Å². The van der Waals surface area contributed by atoms with Crippen LogP contribution in [-0.4, -0.2) is 17.5 Å². The maximum atomic E-state index is 9.57. The first-order chi connectivity index (χ1) is 6.29. The van der Waals surface area contributed by atoms with E-state index in [1.165, 1.54) is 0 Å². The van der Waals surface area contributed by atoms with Crippen molar-refractivity contribution in [3.63, 3.8) is 0 Å². The molecule has 0 amide bonds. The van der Waals surface area contributed by atoms with Gasteiger partial charge < -0.3 is 10.8 Å². The fourth-order valence-corrected chi connectivity index (χ4v) is 1.52. The van der Waals surface area contributed by atoms with Crippen LogP contribution in [0.1, 0.15) is 17.2 Å². The second-order valence-corrected chi connectivity index (χ2v) is 3.27. The van der Waals surface area contributed by atoms with Crippen LogP contribution in [0.25, 0.3) is 0 Å². The average Bonchev–Trinajstić information content (AvgIpc) is 2.18. The van der Waals surface area contributed by atoms with Gasteiger partial charge in [0, 0.05) is 12.4 Å². The average molecular weight is 200 g/mol. The van der Waals surface area contributed by atoms with Crippen LogP contribution in [-0.2, 0) is 6.42 Å². The Morgan fingerprint density at radius 1 is 1.38 bits per heavy atom. The highest BCUT2D eigenvalue weighted by Crippen LogP contribution is 2.17. The molecule has 0 bridgehead atoms. The number of nitrogens with two attached hydrogens (primary N) is 1. The van der Waals surface area contributed by atoms with Gasteiger partial charge in [0.2, 0.25) is 0 Å². The van der Waals surface area contributed by atoms with Crippen molar-refractivity contribution >= 4 is 11.6 Å². The Bertz CT molecular complexity index is 265. The maximum Gasteiger partial charge on any atom is 0.0914 e. The van der Waals surface area contributed by atoms with E-state index in [-0.39, 0.29) is 6.54 Å². The van der Waals surface area contributed by atoms with Crippen LogP contribution >= 0.6 is 11.6 Å². The summed E-state index contributed by atoms with van der Waals surface area (Å²) in [6, 6.07) is 7.69. The summed E-state index contributed by atoms with van der Waals surface area (Å²) in [5, 5.41) is 9.57. The van der Waals surface area contributed by atoms with Gasteiger partial charge in [-0.25, -0.2) is 0 Å². The van der Waals surface area contributed by atoms with Crippen molar-refractivity contribution in [2.75, 3.05) is 12.4 Å². The maximum absolute atomic E-state index is 9.57. The molecule has 13 heavy (non-hydrogen) atoms. The number of benzene rings is 1. The SMILES string of the molecule is NCC(O)c1ccccc1CCCl. The normalized spacial score (nSPS) is 12.8. The van der Waals surface area contributed by atoms with E-state index < -0.39 is 6.10 Å². The molecule has 2 nitrogen and oxygen atoms in total. The third kappa shape index (κ3) is 2.69. The van der Waals surface area contributed by atoms with Gasteiger partial charge in [0.25, 0.3) is 0 Å². The Balaban J connectivity index is 2.90. The molecule has 0 radical (unpaired) electrons. The Hall–Kier alpha value is -0.570. The molecular formula is C10H14ClNO. The lowest BCUT2D eigenvalue weighted by Crippen LogP contribution is -2.13. The molecule has 1 rings (SSSR count). The predicted molar refractivity (Wildman–Crippen MR) is 54.9 cm³/mol. The highest BCUT2D eigenvalue weighted by Gasteiger charge is 2.08. The molecule has 1 atom stereocenters. The van der Waals surface area contributed by atoms with E-state index >= 15 is 0 Å². The molecule has 0 aliphatic rings. The number of alkyl halides is 1. The fourth-order valence-electron chi connectivity index (χ4n) is 1.32. The molecule has 0 heterocycles. The minimum Gasteiger partial charge on any atom is -0.387 e. The fraction of sp³-hybridized carbons (Fsp3) is 0.400. The van der Waals surface area contributed by atoms with Crippen molar-refractivity contribution in [3.05, 3.63) is 35.4 Å². The zero-order valence-corrected chi connectivity index (χ0v) is 8.17. The van der Waals surface area contributed by atoms with E-state index in [1.807, 2.05) is 24.3 Å². The monoisotopic (exact) mass is 199 g/mol. The summed E-state index contributed by atoms with van der Waals surface area (Å²) in [7, 11) is 0. The van der Waals surface area contributed by atoms with E-state index in [1.54, 1.807) is 0 Å². The third-order valence-corrected chi connectivity index (χ3v) is 2.19. The van der Waals surface area contributed by atoms with Crippen LogP contribution in [0.5, 0.6) is 0 Å². The number of rotatable bonds is 4. The van der Waals surface area contributed by atoms with Crippen molar-refractivity contribution < 1.29 is 5.11 Å². The van der Waals surface area contributed by atoms with Crippen molar-refractivity contribution in [2.45, 2.75) is 12.5 Å². The van der Waals surface area contributed by atoms with Gasteiger partial charge in [-0.1, -0.05) is 24.3 Å². The Kier molecular flexibility index (Phi) is 4.22. The number of aryl methyl sites for hydroxylation is 1. The molecule has 3 heteroatoms. The molecule has 3 N–H and O–H groups in total. The van der Waals surface area contributed by atoms with E-state index in [9.17, 15) is 5.11 Å². The molecule has 0 spiro atoms. The zero-order valence-electron chi connectivity index (χ0n) is 7.41. The molecule has 0 aromatic heterocycles. The smallest absolute Gasteiger partial charge is 0.0914 e. The van der Waals surface area contributed by atoms with Gasteiger partial charge in [-0.3, -0.25) is 0 Å². The quantitative estimate of drug-likeness (QED) is 0.722. The summed E-state index contributed by atoms with van der Waals surface area (Å²) in [5.74, 6) is 0.564. The van der Waals surface area contributed by atoms with E-state index in [0.717, 1.165) is 17.5 Å². The van der Waals surface area contributed by atoms with Gasteiger partial charge in [0.15, 0.2) is 0 Å². The molecule has 1 aromatic carbocycles.